The summed E-state index contributed by atoms with van der Waals surface area (Å²) in [7, 11) is 0. The number of anilines is 1. The molecule has 224 valence electrons. The van der Waals surface area contributed by atoms with E-state index < -0.39 is 12.5 Å². The highest BCUT2D eigenvalue weighted by atomic mass is 35.5. The van der Waals surface area contributed by atoms with Gasteiger partial charge in [0.1, 0.15) is 17.0 Å². The van der Waals surface area contributed by atoms with Gasteiger partial charge in [-0.25, -0.2) is 9.50 Å². The Balaban J connectivity index is 0.00000135. The minimum atomic E-state index is -3.06. The van der Waals surface area contributed by atoms with E-state index in [2.05, 4.69) is 50.1 Å². The van der Waals surface area contributed by atoms with E-state index in [0.717, 1.165) is 5.56 Å². The molecular formula is C28H26ClF2N7O4S. The lowest BCUT2D eigenvalue weighted by Gasteiger charge is -2.11. The van der Waals surface area contributed by atoms with Gasteiger partial charge in [-0.1, -0.05) is 23.7 Å². The van der Waals surface area contributed by atoms with Crippen LogP contribution in [-0.4, -0.2) is 61.3 Å². The van der Waals surface area contributed by atoms with Gasteiger partial charge in [0, 0.05) is 47.2 Å². The molecule has 0 bridgehead atoms. The number of carbonyl (C=O) groups is 2. The molecule has 0 atom stereocenters. The third-order valence-corrected chi connectivity index (χ3v) is 6.93. The molecule has 0 aliphatic carbocycles. The van der Waals surface area contributed by atoms with Crippen LogP contribution in [0.1, 0.15) is 15.9 Å². The van der Waals surface area contributed by atoms with Gasteiger partial charge in [-0.3, -0.25) is 14.3 Å². The predicted molar refractivity (Wildman–Crippen MR) is 159 cm³/mol. The van der Waals surface area contributed by atoms with Crippen LogP contribution in [0.5, 0.6) is 5.75 Å². The number of carboxylic acid groups (broad SMARTS) is 1. The van der Waals surface area contributed by atoms with Crippen molar-refractivity contribution < 1.29 is 28.2 Å². The Kier molecular flexibility index (Phi) is 11.0. The van der Waals surface area contributed by atoms with Crippen LogP contribution in [0.4, 0.5) is 14.5 Å². The number of hydrogen-bond donors (Lipinski definition) is 3. The highest BCUT2D eigenvalue weighted by Gasteiger charge is 2.22. The van der Waals surface area contributed by atoms with E-state index in [4.69, 9.17) is 26.2 Å². The molecule has 0 spiro atoms. The molecule has 1 amide bonds. The fraction of sp³-hybridized carbons (Fsp3) is 0.179. The van der Waals surface area contributed by atoms with Crippen LogP contribution in [0, 0.1) is 0 Å². The molecular weight excluding hydrogens is 604 g/mol. The lowest BCUT2D eigenvalue weighted by atomic mass is 10.1. The maximum Gasteiger partial charge on any atom is 0.387 e. The topological polar surface area (TPSA) is 136 Å². The molecule has 5 aromatic rings. The van der Waals surface area contributed by atoms with Crippen molar-refractivity contribution in [3.8, 4) is 17.0 Å². The van der Waals surface area contributed by atoms with Gasteiger partial charge in [0.05, 0.1) is 18.4 Å². The first-order valence-corrected chi connectivity index (χ1v) is 14.3. The number of fused-ring (bicyclic) bond motifs is 1. The van der Waals surface area contributed by atoms with Gasteiger partial charge in [0.25, 0.3) is 12.4 Å². The minimum absolute atomic E-state index is 0.121. The van der Waals surface area contributed by atoms with Crippen molar-refractivity contribution in [1.82, 2.24) is 29.7 Å². The molecule has 43 heavy (non-hydrogen) atoms. The molecule has 5 rings (SSSR count). The Morgan fingerprint density at radius 1 is 1.23 bits per heavy atom. The highest BCUT2D eigenvalue weighted by molar-refractivity contribution is 7.98. The monoisotopic (exact) mass is 629 g/mol. The number of carbonyl (C=O) groups excluding carboxylic acids is 1. The Morgan fingerprint density at radius 2 is 2.00 bits per heavy atom. The second-order valence-corrected chi connectivity index (χ2v) is 10.0. The lowest BCUT2D eigenvalue weighted by molar-refractivity contribution is -0.122. The smallest absolute Gasteiger partial charge is 0.387 e. The first-order valence-electron chi connectivity index (χ1n) is 12.7. The summed E-state index contributed by atoms with van der Waals surface area (Å²) in [5, 5.41) is 22.1. The molecule has 0 unspecified atom stereocenters. The SMILES string of the molecule is CSc1ccc(CNCCn2cc(NC(=O)c3cnn4cccnc34)c(-c3cc(Cl)ccc3OC(F)F)n2)cc1.O=CO. The number of benzene rings is 2. The van der Waals surface area contributed by atoms with Crippen molar-refractivity contribution in [2.45, 2.75) is 24.6 Å². The zero-order valence-electron chi connectivity index (χ0n) is 22.7. The summed E-state index contributed by atoms with van der Waals surface area (Å²) in [6, 6.07) is 14.2. The second-order valence-electron chi connectivity index (χ2n) is 8.70. The number of rotatable bonds is 11. The number of aromatic nitrogens is 5. The molecule has 2 aromatic carbocycles. The van der Waals surface area contributed by atoms with Crippen molar-refractivity contribution in [1.29, 1.82) is 0 Å². The number of thioether (sulfide) groups is 1. The van der Waals surface area contributed by atoms with Crippen molar-refractivity contribution in [3.05, 3.63) is 89.5 Å². The quantitative estimate of drug-likeness (QED) is 0.101. The van der Waals surface area contributed by atoms with E-state index in [1.54, 1.807) is 41.1 Å². The van der Waals surface area contributed by atoms with Gasteiger partial charge >= 0.3 is 6.61 Å². The number of amides is 1. The Hall–Kier alpha value is -4.53. The maximum atomic E-state index is 13.2. The van der Waals surface area contributed by atoms with Crippen molar-refractivity contribution in [3.63, 3.8) is 0 Å². The van der Waals surface area contributed by atoms with Crippen LogP contribution < -0.4 is 15.4 Å². The maximum absolute atomic E-state index is 13.2. The van der Waals surface area contributed by atoms with Crippen LogP contribution in [0.15, 0.2) is 78.2 Å². The van der Waals surface area contributed by atoms with Crippen LogP contribution >= 0.6 is 23.4 Å². The van der Waals surface area contributed by atoms with Crippen molar-refractivity contribution in [2.24, 2.45) is 0 Å². The molecule has 0 radical (unpaired) electrons. The van der Waals surface area contributed by atoms with Gasteiger partial charge in [-0.2, -0.15) is 19.0 Å². The number of hydrogen-bond acceptors (Lipinski definition) is 8. The molecule has 3 N–H and O–H groups in total. The van der Waals surface area contributed by atoms with E-state index >= 15 is 0 Å². The Morgan fingerprint density at radius 3 is 2.72 bits per heavy atom. The summed E-state index contributed by atoms with van der Waals surface area (Å²) in [5.74, 6) is -0.607. The Labute approximate surface area is 253 Å². The summed E-state index contributed by atoms with van der Waals surface area (Å²) in [4.78, 5) is 27.0. The molecule has 3 heterocycles. The average molecular weight is 630 g/mol. The molecule has 15 heteroatoms. The van der Waals surface area contributed by atoms with Crippen LogP contribution in [0.25, 0.3) is 16.9 Å². The number of alkyl halides is 2. The van der Waals surface area contributed by atoms with Gasteiger partial charge < -0.3 is 20.5 Å². The van der Waals surface area contributed by atoms with Gasteiger partial charge in [-0.15, -0.1) is 11.8 Å². The lowest BCUT2D eigenvalue weighted by Crippen LogP contribution is -2.19. The summed E-state index contributed by atoms with van der Waals surface area (Å²) in [6.07, 6.45) is 8.30. The van der Waals surface area contributed by atoms with Crippen LogP contribution in [-0.2, 0) is 17.9 Å². The third kappa shape index (κ3) is 8.28. The molecule has 0 saturated heterocycles. The summed E-state index contributed by atoms with van der Waals surface area (Å²) < 4.78 is 34.2. The average Bonchev–Trinajstić information content (AvgIpc) is 3.61. The first kappa shape index (κ1) is 31.4. The molecule has 3 aromatic heterocycles. The van der Waals surface area contributed by atoms with Gasteiger partial charge in [-0.05, 0) is 48.2 Å². The highest BCUT2D eigenvalue weighted by Crippen LogP contribution is 2.37. The third-order valence-electron chi connectivity index (χ3n) is 5.95. The zero-order chi connectivity index (χ0) is 30.8. The molecule has 11 nitrogen and oxygen atoms in total. The summed E-state index contributed by atoms with van der Waals surface area (Å²) >= 11 is 7.88. The van der Waals surface area contributed by atoms with E-state index in [9.17, 15) is 13.6 Å². The van der Waals surface area contributed by atoms with Gasteiger partial charge in [0.15, 0.2) is 5.65 Å². The van der Waals surface area contributed by atoms with Crippen LogP contribution in [0.2, 0.25) is 5.02 Å². The van der Waals surface area contributed by atoms with E-state index in [-0.39, 0.29) is 34.7 Å². The largest absolute Gasteiger partial charge is 0.483 e. The predicted octanol–water partition coefficient (Wildman–Crippen LogP) is 5.31. The summed E-state index contributed by atoms with van der Waals surface area (Å²) in [6.45, 7) is -1.64. The summed E-state index contributed by atoms with van der Waals surface area (Å²) in [5.41, 5.74) is 2.47. The number of nitrogens with zero attached hydrogens (tertiary/aromatic N) is 5. The van der Waals surface area contributed by atoms with E-state index in [1.165, 1.54) is 33.8 Å². The van der Waals surface area contributed by atoms with Crippen molar-refractivity contribution in [2.75, 3.05) is 18.1 Å². The van der Waals surface area contributed by atoms with E-state index in [0.29, 0.717) is 30.3 Å². The minimum Gasteiger partial charge on any atom is -0.483 e. The number of halogens is 3. The van der Waals surface area contributed by atoms with Crippen molar-refractivity contribution >= 4 is 47.1 Å². The molecule has 0 aliphatic rings. The normalized spacial score (nSPS) is 10.8. The van der Waals surface area contributed by atoms with Crippen LogP contribution in [0.3, 0.4) is 0 Å². The molecule has 0 saturated carbocycles. The molecule has 0 aliphatic heterocycles. The second kappa shape index (κ2) is 15.1. The van der Waals surface area contributed by atoms with E-state index in [1.807, 2.05) is 6.26 Å². The first-order chi connectivity index (χ1) is 20.8. The zero-order valence-corrected chi connectivity index (χ0v) is 24.2. The number of ether oxygens (including phenoxy) is 1. The standard InChI is InChI=1S/C27H24ClF2N7O2S.CH2O2/c1-40-19-6-3-17(4-7-19)14-31-10-12-36-16-22(34-26(38)21-15-33-37-11-2-9-32-25(21)37)24(35-36)20-13-18(28)5-8-23(20)39-27(29)30;2-1-3/h2-9,11,13,15-16,27,31H,10,12,14H2,1H3,(H,34,38);1H,(H,2,3). The number of nitrogens with one attached hydrogen (secondary N) is 2. The fourth-order valence-corrected chi connectivity index (χ4v) is 4.64. The molecule has 0 fully saturated rings. The van der Waals surface area contributed by atoms with Gasteiger partial charge in [0.2, 0.25) is 0 Å². The Bertz CT molecular complexity index is 1680. The fourth-order valence-electron chi connectivity index (χ4n) is 4.06.